The molecule has 0 heterocycles. The lowest BCUT2D eigenvalue weighted by molar-refractivity contribution is 0.101. The van der Waals surface area contributed by atoms with Crippen LogP contribution >= 0.6 is 15.9 Å². The minimum absolute atomic E-state index is 0.0846. The quantitative estimate of drug-likeness (QED) is 0.869. The van der Waals surface area contributed by atoms with E-state index in [-0.39, 0.29) is 5.78 Å². The molecule has 0 fully saturated rings. The van der Waals surface area contributed by atoms with Crippen molar-refractivity contribution in [1.29, 1.82) is 0 Å². The molecule has 2 rings (SSSR count). The van der Waals surface area contributed by atoms with Crippen LogP contribution in [-0.4, -0.2) is 12.3 Å². The molecule has 0 unspecified atom stereocenters. The molecule has 1 N–H and O–H groups in total. The van der Waals surface area contributed by atoms with Gasteiger partial charge in [0.2, 0.25) is 0 Å². The van der Waals surface area contributed by atoms with Crippen LogP contribution in [0.25, 0.3) is 0 Å². The molecule has 0 saturated carbocycles. The van der Waals surface area contributed by atoms with Crippen LogP contribution in [0.4, 0.5) is 5.69 Å². The summed E-state index contributed by atoms with van der Waals surface area (Å²) in [5.74, 6) is 0.0846. The van der Waals surface area contributed by atoms with Crippen molar-refractivity contribution in [3.63, 3.8) is 0 Å². The maximum atomic E-state index is 11.9. The van der Waals surface area contributed by atoms with E-state index in [0.29, 0.717) is 6.54 Å². The monoisotopic (exact) mass is 289 g/mol. The van der Waals surface area contributed by atoms with Crippen molar-refractivity contribution in [3.8, 4) is 0 Å². The third-order valence-electron chi connectivity index (χ3n) is 2.39. The van der Waals surface area contributed by atoms with Crippen LogP contribution < -0.4 is 5.32 Å². The Labute approximate surface area is 109 Å². The predicted octanol–water partition coefficient (Wildman–Crippen LogP) is 3.74. The molecule has 0 aromatic heterocycles. The van der Waals surface area contributed by atoms with Crippen molar-refractivity contribution in [2.75, 3.05) is 11.9 Å². The molecule has 86 valence electrons. The standard InChI is InChI=1S/C14H12BrNO/c15-12-8-6-11(7-9-12)14(17)10-16-13-4-2-1-3-5-13/h1-9,16H,10H2. The Morgan fingerprint density at radius 1 is 1.00 bits per heavy atom. The van der Waals surface area contributed by atoms with Gasteiger partial charge in [-0.05, 0) is 24.3 Å². The lowest BCUT2D eigenvalue weighted by Crippen LogP contribution is -2.13. The Bertz CT molecular complexity index is 493. The Hall–Kier alpha value is -1.61. The number of carbonyl (C=O) groups is 1. The number of halogens is 1. The highest BCUT2D eigenvalue weighted by Gasteiger charge is 2.04. The van der Waals surface area contributed by atoms with Crippen molar-refractivity contribution >= 4 is 27.4 Å². The maximum Gasteiger partial charge on any atom is 0.181 e. The van der Waals surface area contributed by atoms with Crippen LogP contribution in [0.15, 0.2) is 59.1 Å². The first-order valence-corrected chi connectivity index (χ1v) is 6.13. The van der Waals surface area contributed by atoms with Gasteiger partial charge in [0.05, 0.1) is 6.54 Å². The summed E-state index contributed by atoms with van der Waals surface area (Å²) in [6.45, 7) is 0.311. The number of para-hydroxylation sites is 1. The van der Waals surface area contributed by atoms with Crippen LogP contribution in [0, 0.1) is 0 Å². The summed E-state index contributed by atoms with van der Waals surface area (Å²) in [6.07, 6.45) is 0. The molecule has 0 aliphatic rings. The molecule has 0 aliphatic heterocycles. The summed E-state index contributed by atoms with van der Waals surface area (Å²) < 4.78 is 0.977. The van der Waals surface area contributed by atoms with E-state index in [1.807, 2.05) is 54.6 Å². The number of carbonyl (C=O) groups excluding carboxylic acids is 1. The van der Waals surface area contributed by atoms with Gasteiger partial charge in [0.15, 0.2) is 5.78 Å². The number of hydrogen-bond donors (Lipinski definition) is 1. The van der Waals surface area contributed by atoms with E-state index < -0.39 is 0 Å². The van der Waals surface area contributed by atoms with Crippen LogP contribution in [0.3, 0.4) is 0 Å². The van der Waals surface area contributed by atoms with E-state index in [4.69, 9.17) is 0 Å². The molecular formula is C14H12BrNO. The first-order chi connectivity index (χ1) is 8.25. The van der Waals surface area contributed by atoms with E-state index in [2.05, 4.69) is 21.2 Å². The molecule has 17 heavy (non-hydrogen) atoms. The molecule has 2 aromatic rings. The fourth-order valence-corrected chi connectivity index (χ4v) is 1.74. The topological polar surface area (TPSA) is 29.1 Å². The van der Waals surface area contributed by atoms with E-state index in [1.54, 1.807) is 0 Å². The Morgan fingerprint density at radius 2 is 1.65 bits per heavy atom. The first kappa shape index (κ1) is 11.9. The number of ketones is 1. The van der Waals surface area contributed by atoms with Crippen LogP contribution in [0.5, 0.6) is 0 Å². The van der Waals surface area contributed by atoms with Gasteiger partial charge >= 0.3 is 0 Å². The molecule has 0 saturated heterocycles. The fraction of sp³-hybridized carbons (Fsp3) is 0.0714. The van der Waals surface area contributed by atoms with Gasteiger partial charge in [-0.3, -0.25) is 4.79 Å². The summed E-state index contributed by atoms with van der Waals surface area (Å²) >= 11 is 3.34. The zero-order valence-corrected chi connectivity index (χ0v) is 10.8. The number of hydrogen-bond acceptors (Lipinski definition) is 2. The fourth-order valence-electron chi connectivity index (χ4n) is 1.48. The summed E-state index contributed by atoms with van der Waals surface area (Å²) in [6, 6.07) is 17.1. The lowest BCUT2D eigenvalue weighted by Gasteiger charge is -2.05. The van der Waals surface area contributed by atoms with Crippen LogP contribution in [0.1, 0.15) is 10.4 Å². The molecule has 2 nitrogen and oxygen atoms in total. The molecule has 0 radical (unpaired) electrons. The van der Waals surface area contributed by atoms with E-state index in [0.717, 1.165) is 15.7 Å². The molecule has 0 aliphatic carbocycles. The molecule has 2 aromatic carbocycles. The van der Waals surface area contributed by atoms with Gasteiger partial charge in [-0.25, -0.2) is 0 Å². The second kappa shape index (κ2) is 5.64. The molecule has 3 heteroatoms. The smallest absolute Gasteiger partial charge is 0.181 e. The second-order valence-electron chi connectivity index (χ2n) is 3.65. The minimum atomic E-state index is 0.0846. The highest BCUT2D eigenvalue weighted by Crippen LogP contribution is 2.11. The summed E-state index contributed by atoms with van der Waals surface area (Å²) in [5, 5.41) is 3.10. The van der Waals surface area contributed by atoms with Gasteiger partial charge in [-0.1, -0.05) is 46.3 Å². The molecule has 0 atom stereocenters. The zero-order chi connectivity index (χ0) is 12.1. The summed E-state index contributed by atoms with van der Waals surface area (Å²) in [4.78, 5) is 11.9. The third-order valence-corrected chi connectivity index (χ3v) is 2.92. The highest BCUT2D eigenvalue weighted by atomic mass is 79.9. The number of rotatable bonds is 4. The lowest BCUT2D eigenvalue weighted by atomic mass is 10.1. The molecule has 0 bridgehead atoms. The van der Waals surface area contributed by atoms with Crippen molar-refractivity contribution in [2.45, 2.75) is 0 Å². The van der Waals surface area contributed by atoms with Gasteiger partial charge < -0.3 is 5.32 Å². The van der Waals surface area contributed by atoms with E-state index >= 15 is 0 Å². The van der Waals surface area contributed by atoms with Crippen LogP contribution in [-0.2, 0) is 0 Å². The largest absolute Gasteiger partial charge is 0.378 e. The third kappa shape index (κ3) is 3.43. The zero-order valence-electron chi connectivity index (χ0n) is 9.19. The summed E-state index contributed by atoms with van der Waals surface area (Å²) in [5.41, 5.74) is 1.68. The highest BCUT2D eigenvalue weighted by molar-refractivity contribution is 9.10. The van der Waals surface area contributed by atoms with Gasteiger partial charge in [0.1, 0.15) is 0 Å². The van der Waals surface area contributed by atoms with Gasteiger partial charge in [-0.2, -0.15) is 0 Å². The Kier molecular flexibility index (Phi) is 3.94. The second-order valence-corrected chi connectivity index (χ2v) is 4.57. The summed E-state index contributed by atoms with van der Waals surface area (Å²) in [7, 11) is 0. The van der Waals surface area contributed by atoms with Crippen LogP contribution in [0.2, 0.25) is 0 Å². The number of nitrogens with one attached hydrogen (secondary N) is 1. The molecule has 0 spiro atoms. The van der Waals surface area contributed by atoms with E-state index in [9.17, 15) is 4.79 Å². The minimum Gasteiger partial charge on any atom is -0.378 e. The average molecular weight is 290 g/mol. The average Bonchev–Trinajstić information content (AvgIpc) is 2.38. The van der Waals surface area contributed by atoms with Crippen molar-refractivity contribution in [3.05, 3.63) is 64.6 Å². The van der Waals surface area contributed by atoms with Gasteiger partial charge in [0.25, 0.3) is 0 Å². The maximum absolute atomic E-state index is 11.9. The van der Waals surface area contributed by atoms with Crippen molar-refractivity contribution in [2.24, 2.45) is 0 Å². The first-order valence-electron chi connectivity index (χ1n) is 5.33. The van der Waals surface area contributed by atoms with Crippen molar-refractivity contribution in [1.82, 2.24) is 0 Å². The van der Waals surface area contributed by atoms with Gasteiger partial charge in [-0.15, -0.1) is 0 Å². The SMILES string of the molecule is O=C(CNc1ccccc1)c1ccc(Br)cc1. The number of Topliss-reactive ketones (excluding diaryl/α,β-unsaturated/α-hetero) is 1. The van der Waals surface area contributed by atoms with Crippen molar-refractivity contribution < 1.29 is 4.79 Å². The molecular weight excluding hydrogens is 278 g/mol. The van der Waals surface area contributed by atoms with E-state index in [1.165, 1.54) is 0 Å². The molecule has 0 amide bonds. The predicted molar refractivity (Wildman–Crippen MR) is 73.4 cm³/mol. The number of anilines is 1. The Balaban J connectivity index is 1.96. The Morgan fingerprint density at radius 3 is 2.29 bits per heavy atom. The number of benzene rings is 2. The normalized spacial score (nSPS) is 9.94. The van der Waals surface area contributed by atoms with Gasteiger partial charge in [0, 0.05) is 15.7 Å².